The smallest absolute Gasteiger partial charge is 0.261 e. The lowest BCUT2D eigenvalue weighted by Gasteiger charge is -2.09. The van der Waals surface area contributed by atoms with Gasteiger partial charge < -0.3 is 5.32 Å². The van der Waals surface area contributed by atoms with E-state index in [-0.39, 0.29) is 16.1 Å². The van der Waals surface area contributed by atoms with E-state index in [1.54, 1.807) is 43.4 Å². The minimum atomic E-state index is -3.70. The molecule has 0 aliphatic rings. The van der Waals surface area contributed by atoms with Gasteiger partial charge in [0.2, 0.25) is 0 Å². The molecule has 2 rings (SSSR count). The zero-order valence-corrected chi connectivity index (χ0v) is 11.6. The molecule has 0 amide bonds. The van der Waals surface area contributed by atoms with Crippen molar-refractivity contribution in [2.45, 2.75) is 4.90 Å². The third-order valence-electron chi connectivity index (χ3n) is 2.75. The highest BCUT2D eigenvalue weighted by Crippen LogP contribution is 2.20. The number of nitrogens with zero attached hydrogens (tertiary/aromatic N) is 1. The predicted octanol–water partition coefficient (Wildman–Crippen LogP) is 2.40. The number of sulfonamides is 1. The molecule has 6 heteroatoms. The molecule has 0 saturated heterocycles. The van der Waals surface area contributed by atoms with E-state index < -0.39 is 10.0 Å². The van der Waals surface area contributed by atoms with Crippen LogP contribution in [0.3, 0.4) is 0 Å². The highest BCUT2D eigenvalue weighted by atomic mass is 32.2. The first kappa shape index (κ1) is 13.9. The fourth-order valence-electron chi connectivity index (χ4n) is 1.67. The molecule has 0 saturated carbocycles. The molecule has 0 aliphatic heterocycles. The van der Waals surface area contributed by atoms with Crippen LogP contribution in [-0.4, -0.2) is 15.5 Å². The van der Waals surface area contributed by atoms with Crippen molar-refractivity contribution < 1.29 is 8.42 Å². The van der Waals surface area contributed by atoms with Gasteiger partial charge in [0.15, 0.2) is 0 Å². The normalized spacial score (nSPS) is 10.6. The standard InChI is InChI=1S/C14H13N3O2S/c1-16-12-6-8-13(9-7-12)20(18,19)17-14-5-3-2-4-11(14)10-15/h2-9,16-17H,1H3. The molecule has 5 nitrogen and oxygen atoms in total. The maximum absolute atomic E-state index is 12.2. The van der Waals surface area contributed by atoms with Crippen molar-refractivity contribution in [3.05, 3.63) is 54.1 Å². The molecule has 0 spiro atoms. The van der Waals surface area contributed by atoms with Gasteiger partial charge in [-0.25, -0.2) is 8.42 Å². The Hall–Kier alpha value is -2.52. The molecule has 102 valence electrons. The van der Waals surface area contributed by atoms with Crippen molar-refractivity contribution in [2.75, 3.05) is 17.1 Å². The molecule has 2 aromatic carbocycles. The lowest BCUT2D eigenvalue weighted by molar-refractivity contribution is 0.601. The second-order valence-corrected chi connectivity index (χ2v) is 5.72. The van der Waals surface area contributed by atoms with Gasteiger partial charge in [0.05, 0.1) is 16.1 Å². The topological polar surface area (TPSA) is 82.0 Å². The van der Waals surface area contributed by atoms with Crippen LogP contribution in [0.25, 0.3) is 0 Å². The number of benzene rings is 2. The summed E-state index contributed by atoms with van der Waals surface area (Å²) in [6, 6.07) is 14.8. The molecule has 0 atom stereocenters. The fraction of sp³-hybridized carbons (Fsp3) is 0.0714. The Balaban J connectivity index is 2.33. The molecule has 0 bridgehead atoms. The Kier molecular flexibility index (Phi) is 3.91. The van der Waals surface area contributed by atoms with E-state index >= 15 is 0 Å². The fourth-order valence-corrected chi connectivity index (χ4v) is 2.75. The summed E-state index contributed by atoms with van der Waals surface area (Å²) in [5, 5.41) is 11.9. The predicted molar refractivity (Wildman–Crippen MR) is 78.0 cm³/mol. The van der Waals surface area contributed by atoms with Crippen LogP contribution in [0.15, 0.2) is 53.4 Å². The largest absolute Gasteiger partial charge is 0.388 e. The lowest BCUT2D eigenvalue weighted by Crippen LogP contribution is -2.13. The van der Waals surface area contributed by atoms with Crippen molar-refractivity contribution >= 4 is 21.4 Å². The maximum atomic E-state index is 12.2. The van der Waals surface area contributed by atoms with Gasteiger partial charge in [0.1, 0.15) is 6.07 Å². The summed E-state index contributed by atoms with van der Waals surface area (Å²) in [7, 11) is -1.94. The summed E-state index contributed by atoms with van der Waals surface area (Å²) >= 11 is 0. The third kappa shape index (κ3) is 2.90. The summed E-state index contributed by atoms with van der Waals surface area (Å²) in [6.45, 7) is 0. The zero-order chi connectivity index (χ0) is 14.6. The van der Waals surface area contributed by atoms with Crippen molar-refractivity contribution in [1.29, 1.82) is 5.26 Å². The van der Waals surface area contributed by atoms with Gasteiger partial charge in [-0.2, -0.15) is 5.26 Å². The molecular formula is C14H13N3O2S. The minimum Gasteiger partial charge on any atom is -0.388 e. The van der Waals surface area contributed by atoms with E-state index in [1.165, 1.54) is 12.1 Å². The summed E-state index contributed by atoms with van der Waals surface area (Å²) in [5.74, 6) is 0. The van der Waals surface area contributed by atoms with Crippen LogP contribution < -0.4 is 10.0 Å². The Morgan fingerprint density at radius 2 is 1.70 bits per heavy atom. The van der Waals surface area contributed by atoms with E-state index in [0.717, 1.165) is 5.69 Å². The molecule has 0 heterocycles. The number of nitrogens with one attached hydrogen (secondary N) is 2. The average Bonchev–Trinajstić information content (AvgIpc) is 2.47. The Morgan fingerprint density at radius 3 is 2.30 bits per heavy atom. The molecule has 0 aliphatic carbocycles. The molecule has 2 N–H and O–H groups in total. The van der Waals surface area contributed by atoms with Crippen LogP contribution in [0.1, 0.15) is 5.56 Å². The summed E-state index contributed by atoms with van der Waals surface area (Å²) < 4.78 is 26.9. The molecule has 0 fully saturated rings. The lowest BCUT2D eigenvalue weighted by atomic mass is 10.2. The second-order valence-electron chi connectivity index (χ2n) is 4.04. The van der Waals surface area contributed by atoms with Crippen LogP contribution in [0.5, 0.6) is 0 Å². The van der Waals surface area contributed by atoms with E-state index in [1.807, 2.05) is 6.07 Å². The number of hydrogen-bond acceptors (Lipinski definition) is 4. The Labute approximate surface area is 117 Å². The zero-order valence-electron chi connectivity index (χ0n) is 10.8. The van der Waals surface area contributed by atoms with E-state index in [9.17, 15) is 8.42 Å². The molecule has 0 aromatic heterocycles. The van der Waals surface area contributed by atoms with Crippen molar-refractivity contribution in [3.63, 3.8) is 0 Å². The highest BCUT2D eigenvalue weighted by molar-refractivity contribution is 7.92. The molecule has 0 unspecified atom stereocenters. The SMILES string of the molecule is CNc1ccc(S(=O)(=O)Nc2ccccc2C#N)cc1. The van der Waals surface area contributed by atoms with Crippen molar-refractivity contribution in [3.8, 4) is 6.07 Å². The number of hydrogen-bond donors (Lipinski definition) is 2. The molecular weight excluding hydrogens is 274 g/mol. The van der Waals surface area contributed by atoms with Gasteiger partial charge in [-0.1, -0.05) is 12.1 Å². The quantitative estimate of drug-likeness (QED) is 0.904. The first-order valence-electron chi connectivity index (χ1n) is 5.86. The number of anilines is 2. The van der Waals surface area contributed by atoms with Crippen LogP contribution >= 0.6 is 0 Å². The second kappa shape index (κ2) is 5.63. The van der Waals surface area contributed by atoms with Gasteiger partial charge in [-0.15, -0.1) is 0 Å². The third-order valence-corrected chi connectivity index (χ3v) is 4.13. The first-order chi connectivity index (χ1) is 9.56. The van der Waals surface area contributed by atoms with Gasteiger partial charge in [-0.3, -0.25) is 4.72 Å². The van der Waals surface area contributed by atoms with Crippen LogP contribution in [0.4, 0.5) is 11.4 Å². The molecule has 0 radical (unpaired) electrons. The first-order valence-corrected chi connectivity index (χ1v) is 7.35. The molecule has 2 aromatic rings. The van der Waals surface area contributed by atoms with Gasteiger partial charge in [0, 0.05) is 12.7 Å². The van der Waals surface area contributed by atoms with Crippen molar-refractivity contribution in [2.24, 2.45) is 0 Å². The number of nitriles is 1. The van der Waals surface area contributed by atoms with Gasteiger partial charge in [-0.05, 0) is 36.4 Å². The Bertz CT molecular complexity index is 747. The van der Waals surface area contributed by atoms with Crippen LogP contribution in [0, 0.1) is 11.3 Å². The summed E-state index contributed by atoms with van der Waals surface area (Å²) in [4.78, 5) is 0.143. The van der Waals surface area contributed by atoms with Crippen LogP contribution in [0.2, 0.25) is 0 Å². The van der Waals surface area contributed by atoms with Gasteiger partial charge >= 0.3 is 0 Å². The number of rotatable bonds is 4. The highest BCUT2D eigenvalue weighted by Gasteiger charge is 2.15. The minimum absolute atomic E-state index is 0.143. The van der Waals surface area contributed by atoms with Gasteiger partial charge in [0.25, 0.3) is 10.0 Å². The van der Waals surface area contributed by atoms with E-state index in [0.29, 0.717) is 0 Å². The van der Waals surface area contributed by atoms with E-state index in [4.69, 9.17) is 5.26 Å². The number of para-hydroxylation sites is 1. The van der Waals surface area contributed by atoms with Crippen molar-refractivity contribution in [1.82, 2.24) is 0 Å². The summed E-state index contributed by atoms with van der Waals surface area (Å²) in [5.41, 5.74) is 1.37. The molecule has 20 heavy (non-hydrogen) atoms. The Morgan fingerprint density at radius 1 is 1.05 bits per heavy atom. The summed E-state index contributed by atoms with van der Waals surface area (Å²) in [6.07, 6.45) is 0. The maximum Gasteiger partial charge on any atom is 0.261 e. The van der Waals surface area contributed by atoms with Crippen LogP contribution in [-0.2, 0) is 10.0 Å². The monoisotopic (exact) mass is 287 g/mol. The van der Waals surface area contributed by atoms with E-state index in [2.05, 4.69) is 10.0 Å². The average molecular weight is 287 g/mol.